The fourth-order valence-corrected chi connectivity index (χ4v) is 2.11. The Morgan fingerprint density at radius 3 is 2.21 bits per heavy atom. The van der Waals surface area contributed by atoms with E-state index in [4.69, 9.17) is 5.73 Å². The SMILES string of the molecule is CC(C)(c1ccc(C(N)=O)cc1)c1cccc(O)c1. The summed E-state index contributed by atoms with van der Waals surface area (Å²) in [6.07, 6.45) is 0. The average molecular weight is 255 g/mol. The maximum atomic E-state index is 11.1. The number of phenolic OH excluding ortho intramolecular Hbond substituents is 1. The third-order valence-electron chi connectivity index (χ3n) is 3.46. The molecule has 0 aliphatic rings. The fourth-order valence-electron chi connectivity index (χ4n) is 2.11. The van der Waals surface area contributed by atoms with Crippen LogP contribution in [0.25, 0.3) is 0 Å². The van der Waals surface area contributed by atoms with E-state index in [1.165, 1.54) is 0 Å². The molecule has 0 aromatic heterocycles. The van der Waals surface area contributed by atoms with Crippen molar-refractivity contribution in [1.82, 2.24) is 0 Å². The van der Waals surface area contributed by atoms with Crippen molar-refractivity contribution in [3.63, 3.8) is 0 Å². The topological polar surface area (TPSA) is 63.3 Å². The van der Waals surface area contributed by atoms with E-state index in [0.29, 0.717) is 5.56 Å². The van der Waals surface area contributed by atoms with Gasteiger partial charge >= 0.3 is 0 Å². The zero-order valence-corrected chi connectivity index (χ0v) is 11.1. The Bertz CT molecular complexity index is 600. The predicted octanol–water partition coefficient (Wildman–Crippen LogP) is 2.82. The summed E-state index contributed by atoms with van der Waals surface area (Å²) >= 11 is 0. The van der Waals surface area contributed by atoms with E-state index in [1.807, 2.05) is 24.3 Å². The summed E-state index contributed by atoms with van der Waals surface area (Å²) in [6, 6.07) is 14.4. The van der Waals surface area contributed by atoms with Crippen molar-refractivity contribution < 1.29 is 9.90 Å². The van der Waals surface area contributed by atoms with Crippen LogP contribution in [0.1, 0.15) is 35.3 Å². The second-order valence-electron chi connectivity index (χ2n) is 5.12. The van der Waals surface area contributed by atoms with Crippen LogP contribution in [0.2, 0.25) is 0 Å². The minimum absolute atomic E-state index is 0.249. The summed E-state index contributed by atoms with van der Waals surface area (Å²) in [5.74, 6) is -0.180. The number of carbonyl (C=O) groups excluding carboxylic acids is 1. The Kier molecular flexibility index (Phi) is 3.30. The van der Waals surface area contributed by atoms with Crippen LogP contribution >= 0.6 is 0 Å². The van der Waals surface area contributed by atoms with E-state index in [-0.39, 0.29) is 11.2 Å². The number of phenols is 1. The van der Waals surface area contributed by atoms with Crippen molar-refractivity contribution in [2.24, 2.45) is 5.73 Å². The summed E-state index contributed by atoms with van der Waals surface area (Å²) in [5, 5.41) is 9.58. The molecule has 0 saturated heterocycles. The molecule has 1 amide bonds. The Morgan fingerprint density at radius 2 is 1.68 bits per heavy atom. The molecule has 0 unspecified atom stereocenters. The largest absolute Gasteiger partial charge is 0.508 e. The van der Waals surface area contributed by atoms with Gasteiger partial charge in [0.05, 0.1) is 0 Å². The smallest absolute Gasteiger partial charge is 0.248 e. The highest BCUT2D eigenvalue weighted by Gasteiger charge is 2.23. The van der Waals surface area contributed by atoms with Gasteiger partial charge in [0.15, 0.2) is 0 Å². The van der Waals surface area contributed by atoms with Gasteiger partial charge in [-0.15, -0.1) is 0 Å². The highest BCUT2D eigenvalue weighted by atomic mass is 16.3. The molecule has 0 fully saturated rings. The van der Waals surface area contributed by atoms with Gasteiger partial charge in [-0.1, -0.05) is 38.1 Å². The lowest BCUT2D eigenvalue weighted by Gasteiger charge is -2.26. The van der Waals surface area contributed by atoms with Crippen LogP contribution in [0, 0.1) is 0 Å². The minimum atomic E-state index is -0.429. The molecule has 2 rings (SSSR count). The maximum Gasteiger partial charge on any atom is 0.248 e. The summed E-state index contributed by atoms with van der Waals surface area (Å²) in [7, 11) is 0. The van der Waals surface area contributed by atoms with Crippen LogP contribution in [-0.2, 0) is 5.41 Å². The summed E-state index contributed by atoms with van der Waals surface area (Å²) in [5.41, 5.74) is 7.54. The molecule has 2 aromatic carbocycles. The zero-order valence-electron chi connectivity index (χ0n) is 11.1. The number of primary amides is 1. The molecule has 98 valence electrons. The van der Waals surface area contributed by atoms with Gasteiger partial charge in [-0.05, 0) is 35.4 Å². The first kappa shape index (κ1) is 13.1. The number of carbonyl (C=O) groups is 1. The van der Waals surface area contributed by atoms with Gasteiger partial charge in [-0.2, -0.15) is 0 Å². The molecule has 0 aliphatic heterocycles. The van der Waals surface area contributed by atoms with Crippen molar-refractivity contribution in [2.75, 3.05) is 0 Å². The molecule has 2 aromatic rings. The van der Waals surface area contributed by atoms with E-state index >= 15 is 0 Å². The zero-order chi connectivity index (χ0) is 14.0. The van der Waals surface area contributed by atoms with Crippen molar-refractivity contribution in [3.05, 3.63) is 65.2 Å². The molecular weight excluding hydrogens is 238 g/mol. The van der Waals surface area contributed by atoms with E-state index < -0.39 is 5.91 Å². The Morgan fingerprint density at radius 1 is 1.05 bits per heavy atom. The fraction of sp³-hybridized carbons (Fsp3) is 0.188. The second-order valence-corrected chi connectivity index (χ2v) is 5.12. The van der Waals surface area contributed by atoms with E-state index in [0.717, 1.165) is 11.1 Å². The molecule has 3 heteroatoms. The number of rotatable bonds is 3. The summed E-state index contributed by atoms with van der Waals surface area (Å²) < 4.78 is 0. The highest BCUT2D eigenvalue weighted by Crippen LogP contribution is 2.32. The molecule has 0 bridgehead atoms. The Labute approximate surface area is 112 Å². The number of nitrogens with two attached hydrogens (primary N) is 1. The number of hydrogen-bond donors (Lipinski definition) is 2. The van der Waals surface area contributed by atoms with Crippen molar-refractivity contribution in [2.45, 2.75) is 19.3 Å². The van der Waals surface area contributed by atoms with Crippen LogP contribution in [0.5, 0.6) is 5.75 Å². The van der Waals surface area contributed by atoms with Gasteiger partial charge in [0.1, 0.15) is 5.75 Å². The molecule has 0 spiro atoms. The number of benzene rings is 2. The van der Waals surface area contributed by atoms with Crippen molar-refractivity contribution >= 4 is 5.91 Å². The quantitative estimate of drug-likeness (QED) is 0.885. The van der Waals surface area contributed by atoms with Crippen molar-refractivity contribution in [1.29, 1.82) is 0 Å². The molecule has 0 atom stereocenters. The molecule has 0 heterocycles. The minimum Gasteiger partial charge on any atom is -0.508 e. The van der Waals surface area contributed by atoms with E-state index in [1.54, 1.807) is 24.3 Å². The lowest BCUT2D eigenvalue weighted by atomic mass is 9.78. The standard InChI is InChI=1S/C16H17NO2/c1-16(2,13-4-3-5-14(18)10-13)12-8-6-11(7-9-12)15(17)19/h3-10,18H,1-2H3,(H2,17,19). The predicted molar refractivity (Wildman–Crippen MR) is 75.2 cm³/mol. The summed E-state index contributed by atoms with van der Waals surface area (Å²) in [4.78, 5) is 11.1. The Hall–Kier alpha value is -2.29. The maximum absolute atomic E-state index is 11.1. The van der Waals surface area contributed by atoms with Gasteiger partial charge < -0.3 is 10.8 Å². The molecule has 3 nitrogen and oxygen atoms in total. The average Bonchev–Trinajstić information content (AvgIpc) is 2.39. The molecule has 0 saturated carbocycles. The molecular formula is C16H17NO2. The highest BCUT2D eigenvalue weighted by molar-refractivity contribution is 5.92. The lowest BCUT2D eigenvalue weighted by Crippen LogP contribution is -2.19. The van der Waals surface area contributed by atoms with Crippen LogP contribution in [0.3, 0.4) is 0 Å². The van der Waals surface area contributed by atoms with Gasteiger partial charge in [0.25, 0.3) is 0 Å². The molecule has 19 heavy (non-hydrogen) atoms. The number of amides is 1. The molecule has 0 aliphatic carbocycles. The van der Waals surface area contributed by atoms with Crippen LogP contribution in [-0.4, -0.2) is 11.0 Å². The second kappa shape index (κ2) is 4.76. The lowest BCUT2D eigenvalue weighted by molar-refractivity contribution is 0.100. The third kappa shape index (κ3) is 2.60. The molecule has 0 radical (unpaired) electrons. The van der Waals surface area contributed by atoms with Gasteiger partial charge in [0, 0.05) is 11.0 Å². The summed E-state index contributed by atoms with van der Waals surface area (Å²) in [6.45, 7) is 4.14. The first-order chi connectivity index (χ1) is 8.91. The van der Waals surface area contributed by atoms with E-state index in [2.05, 4.69) is 13.8 Å². The first-order valence-corrected chi connectivity index (χ1v) is 6.11. The number of hydrogen-bond acceptors (Lipinski definition) is 2. The normalized spacial score (nSPS) is 11.3. The molecule has 3 N–H and O–H groups in total. The van der Waals surface area contributed by atoms with Gasteiger partial charge in [-0.3, -0.25) is 4.79 Å². The van der Waals surface area contributed by atoms with Crippen molar-refractivity contribution in [3.8, 4) is 5.75 Å². The van der Waals surface area contributed by atoms with E-state index in [9.17, 15) is 9.90 Å². The number of aromatic hydroxyl groups is 1. The Balaban J connectivity index is 2.41. The van der Waals surface area contributed by atoms with Crippen LogP contribution in [0.4, 0.5) is 0 Å². The third-order valence-corrected chi connectivity index (χ3v) is 3.46. The van der Waals surface area contributed by atoms with Crippen LogP contribution in [0.15, 0.2) is 48.5 Å². The first-order valence-electron chi connectivity index (χ1n) is 6.11. The van der Waals surface area contributed by atoms with Gasteiger partial charge in [0.2, 0.25) is 5.91 Å². The van der Waals surface area contributed by atoms with Gasteiger partial charge in [-0.25, -0.2) is 0 Å². The van der Waals surface area contributed by atoms with Crippen LogP contribution < -0.4 is 5.73 Å². The monoisotopic (exact) mass is 255 g/mol.